The van der Waals surface area contributed by atoms with E-state index in [1.54, 1.807) is 19.5 Å². The second-order valence-corrected chi connectivity index (χ2v) is 6.53. The first-order chi connectivity index (χ1) is 10.5. The summed E-state index contributed by atoms with van der Waals surface area (Å²) in [6.45, 7) is 5.32. The average Bonchev–Trinajstić information content (AvgIpc) is 3.07. The quantitative estimate of drug-likeness (QED) is 0.890. The first-order valence-electron chi connectivity index (χ1n) is 7.62. The molecule has 3 rings (SSSR count). The second kappa shape index (κ2) is 5.91. The number of likely N-dealkylation sites (tertiary alicyclic amines) is 1. The summed E-state index contributed by atoms with van der Waals surface area (Å²) in [6, 6.07) is 0.143. The molecule has 3 heterocycles. The number of rotatable bonds is 5. The lowest BCUT2D eigenvalue weighted by Gasteiger charge is -2.26. The number of fused-ring (bicyclic) bond motifs is 1. The smallest absolute Gasteiger partial charge is 0.179 e. The molecule has 2 atom stereocenters. The molecule has 0 saturated carbocycles. The van der Waals surface area contributed by atoms with Gasteiger partial charge in [-0.05, 0) is 26.7 Å². The topological polar surface area (TPSA) is 75.8 Å². The lowest BCUT2D eigenvalue weighted by Crippen LogP contribution is -2.32. The number of aromatic nitrogens is 4. The van der Waals surface area contributed by atoms with Crippen LogP contribution < -0.4 is 0 Å². The molecule has 120 valence electrons. The number of hydrogen-bond donors (Lipinski definition) is 1. The molecular formula is C15H23N5O2. The monoisotopic (exact) mass is 305 g/mol. The minimum Gasteiger partial charge on any atom is -0.390 e. The standard InChI is InChI=1S/C15H23N5O2/c1-15(2,21)4-6-19-10-11(22-3)8-12(19)14-18-17-13-9-16-5-7-20(13)14/h5,7,9,11-12,21H,4,6,8,10H2,1-3H3/t11-,12+/m1/s1. The highest BCUT2D eigenvalue weighted by molar-refractivity contribution is 5.34. The van der Waals surface area contributed by atoms with Gasteiger partial charge in [-0.2, -0.15) is 0 Å². The fraction of sp³-hybridized carbons (Fsp3) is 0.667. The van der Waals surface area contributed by atoms with E-state index >= 15 is 0 Å². The van der Waals surface area contributed by atoms with Gasteiger partial charge >= 0.3 is 0 Å². The molecule has 1 fully saturated rings. The lowest BCUT2D eigenvalue weighted by atomic mass is 10.1. The van der Waals surface area contributed by atoms with Gasteiger partial charge in [-0.1, -0.05) is 0 Å². The van der Waals surface area contributed by atoms with Crippen molar-refractivity contribution in [3.8, 4) is 0 Å². The first kappa shape index (κ1) is 15.3. The van der Waals surface area contributed by atoms with E-state index in [0.717, 1.165) is 31.0 Å². The maximum atomic E-state index is 9.99. The van der Waals surface area contributed by atoms with Gasteiger partial charge in [-0.25, -0.2) is 0 Å². The first-order valence-corrected chi connectivity index (χ1v) is 7.62. The predicted octanol–water partition coefficient (Wildman–Crippen LogP) is 1.05. The van der Waals surface area contributed by atoms with E-state index in [9.17, 15) is 5.11 Å². The molecule has 0 aromatic carbocycles. The highest BCUT2D eigenvalue weighted by Gasteiger charge is 2.36. The van der Waals surface area contributed by atoms with Crippen LogP contribution in [0.2, 0.25) is 0 Å². The van der Waals surface area contributed by atoms with Gasteiger partial charge in [-0.15, -0.1) is 10.2 Å². The van der Waals surface area contributed by atoms with Crippen LogP contribution in [-0.2, 0) is 4.74 Å². The normalized spacial score (nSPS) is 23.5. The largest absolute Gasteiger partial charge is 0.390 e. The third-order valence-corrected chi connectivity index (χ3v) is 4.25. The minimum absolute atomic E-state index is 0.143. The summed E-state index contributed by atoms with van der Waals surface area (Å²) in [5, 5.41) is 18.5. The highest BCUT2D eigenvalue weighted by Crippen LogP contribution is 2.33. The maximum Gasteiger partial charge on any atom is 0.179 e. The maximum absolute atomic E-state index is 9.99. The number of nitrogens with zero attached hydrogens (tertiary/aromatic N) is 5. The van der Waals surface area contributed by atoms with Gasteiger partial charge in [0.25, 0.3) is 0 Å². The molecule has 22 heavy (non-hydrogen) atoms. The Kier molecular flexibility index (Phi) is 4.12. The van der Waals surface area contributed by atoms with Gasteiger partial charge in [0, 0.05) is 32.6 Å². The Morgan fingerprint density at radius 3 is 2.95 bits per heavy atom. The SMILES string of the molecule is CO[C@@H]1C[C@@H](c2nnc3cnccn23)N(CCC(C)(C)O)C1. The van der Waals surface area contributed by atoms with E-state index in [0.29, 0.717) is 6.42 Å². The summed E-state index contributed by atoms with van der Waals surface area (Å²) < 4.78 is 7.52. The summed E-state index contributed by atoms with van der Waals surface area (Å²) in [4.78, 5) is 6.40. The van der Waals surface area contributed by atoms with Crippen LogP contribution in [0.25, 0.3) is 5.65 Å². The van der Waals surface area contributed by atoms with Crippen LogP contribution in [-0.4, -0.2) is 61.5 Å². The van der Waals surface area contributed by atoms with Gasteiger partial charge in [-0.3, -0.25) is 14.3 Å². The molecule has 0 spiro atoms. The van der Waals surface area contributed by atoms with Crippen molar-refractivity contribution in [2.75, 3.05) is 20.2 Å². The Hall–Kier alpha value is -1.57. The molecular weight excluding hydrogens is 282 g/mol. The van der Waals surface area contributed by atoms with E-state index in [2.05, 4.69) is 20.1 Å². The molecule has 0 unspecified atom stereocenters. The number of methoxy groups -OCH3 is 1. The van der Waals surface area contributed by atoms with Gasteiger partial charge in [0.15, 0.2) is 11.5 Å². The lowest BCUT2D eigenvalue weighted by molar-refractivity contribution is 0.0521. The fourth-order valence-electron chi connectivity index (χ4n) is 2.96. The number of aliphatic hydroxyl groups is 1. The third kappa shape index (κ3) is 3.11. The van der Waals surface area contributed by atoms with Gasteiger partial charge in [0.05, 0.1) is 23.9 Å². The number of ether oxygens (including phenoxy) is 1. The van der Waals surface area contributed by atoms with Crippen LogP contribution in [0.3, 0.4) is 0 Å². The van der Waals surface area contributed by atoms with E-state index in [-0.39, 0.29) is 12.1 Å². The molecule has 1 aliphatic heterocycles. The second-order valence-electron chi connectivity index (χ2n) is 6.53. The molecule has 0 aliphatic carbocycles. The fourth-order valence-corrected chi connectivity index (χ4v) is 2.96. The minimum atomic E-state index is -0.674. The molecule has 0 amide bonds. The molecule has 1 N–H and O–H groups in total. The summed E-state index contributed by atoms with van der Waals surface area (Å²) in [6.07, 6.45) is 7.10. The number of hydrogen-bond acceptors (Lipinski definition) is 6. The molecule has 1 aliphatic rings. The average molecular weight is 305 g/mol. The van der Waals surface area contributed by atoms with Crippen molar-refractivity contribution >= 4 is 5.65 Å². The van der Waals surface area contributed by atoms with E-state index in [1.165, 1.54) is 0 Å². The third-order valence-electron chi connectivity index (χ3n) is 4.25. The molecule has 0 bridgehead atoms. The van der Waals surface area contributed by atoms with Crippen molar-refractivity contribution < 1.29 is 9.84 Å². The van der Waals surface area contributed by atoms with Gasteiger partial charge in [0.1, 0.15) is 0 Å². The van der Waals surface area contributed by atoms with Crippen molar-refractivity contribution in [1.82, 2.24) is 24.5 Å². The summed E-state index contributed by atoms with van der Waals surface area (Å²) in [5.41, 5.74) is 0.0767. The van der Waals surface area contributed by atoms with Gasteiger partial charge in [0.2, 0.25) is 0 Å². The van der Waals surface area contributed by atoms with Crippen LogP contribution >= 0.6 is 0 Å². The van der Waals surface area contributed by atoms with Crippen molar-refractivity contribution in [3.63, 3.8) is 0 Å². The highest BCUT2D eigenvalue weighted by atomic mass is 16.5. The van der Waals surface area contributed by atoms with E-state index < -0.39 is 5.60 Å². The molecule has 2 aromatic heterocycles. The Balaban J connectivity index is 1.85. The summed E-state index contributed by atoms with van der Waals surface area (Å²) in [7, 11) is 1.74. The van der Waals surface area contributed by atoms with Crippen molar-refractivity contribution in [1.29, 1.82) is 0 Å². The zero-order chi connectivity index (χ0) is 15.7. The van der Waals surface area contributed by atoms with Crippen LogP contribution in [0.15, 0.2) is 18.6 Å². The summed E-state index contributed by atoms with van der Waals surface area (Å²) >= 11 is 0. The molecule has 0 radical (unpaired) electrons. The molecule has 7 heteroatoms. The zero-order valence-corrected chi connectivity index (χ0v) is 13.3. The van der Waals surface area contributed by atoms with Gasteiger partial charge < -0.3 is 9.84 Å². The molecule has 1 saturated heterocycles. The Morgan fingerprint density at radius 1 is 1.41 bits per heavy atom. The predicted molar refractivity (Wildman–Crippen MR) is 81.4 cm³/mol. The van der Waals surface area contributed by atoms with Crippen LogP contribution in [0.1, 0.15) is 38.6 Å². The molecule has 7 nitrogen and oxygen atoms in total. The van der Waals surface area contributed by atoms with Crippen LogP contribution in [0.5, 0.6) is 0 Å². The van der Waals surface area contributed by atoms with Crippen LogP contribution in [0, 0.1) is 0 Å². The van der Waals surface area contributed by atoms with E-state index in [4.69, 9.17) is 4.74 Å². The van der Waals surface area contributed by atoms with Crippen LogP contribution in [0.4, 0.5) is 0 Å². The Morgan fingerprint density at radius 2 is 2.23 bits per heavy atom. The van der Waals surface area contributed by atoms with E-state index in [1.807, 2.05) is 24.4 Å². The molecule has 2 aromatic rings. The van der Waals surface area contributed by atoms with Crippen molar-refractivity contribution in [3.05, 3.63) is 24.4 Å². The van der Waals surface area contributed by atoms with Crippen molar-refractivity contribution in [2.24, 2.45) is 0 Å². The Bertz CT molecular complexity index is 636. The Labute approximate surface area is 129 Å². The van der Waals surface area contributed by atoms with Crippen molar-refractivity contribution in [2.45, 2.75) is 44.4 Å². The zero-order valence-electron chi connectivity index (χ0n) is 13.3. The summed E-state index contributed by atoms with van der Waals surface area (Å²) in [5.74, 6) is 0.910.